The lowest BCUT2D eigenvalue weighted by molar-refractivity contribution is 0.654. The second-order valence-electron chi connectivity index (χ2n) is 4.85. The third-order valence-electron chi connectivity index (χ3n) is 3.50. The highest BCUT2D eigenvalue weighted by Crippen LogP contribution is 2.27. The van der Waals surface area contributed by atoms with Crippen molar-refractivity contribution in [3.05, 3.63) is 74.4 Å². The minimum Gasteiger partial charge on any atom is -0.449 e. The standard InChI is InChI=1S/C16H9ClN2O3/c17-9-6-7-12-11(8-9)13-14(22-12)15(20)19(16(21)18-13)10-4-2-1-3-5-10/h1-8H,(H,18,21). The summed E-state index contributed by atoms with van der Waals surface area (Å²) >= 11 is 5.97. The largest absolute Gasteiger partial charge is 0.449 e. The van der Waals surface area contributed by atoms with Gasteiger partial charge in [0, 0.05) is 10.4 Å². The highest BCUT2D eigenvalue weighted by Gasteiger charge is 2.16. The van der Waals surface area contributed by atoms with E-state index in [4.69, 9.17) is 16.0 Å². The number of hydrogen-bond acceptors (Lipinski definition) is 3. The number of nitrogens with zero attached hydrogens (tertiary/aromatic N) is 1. The first-order valence-corrected chi connectivity index (χ1v) is 6.95. The number of H-pyrrole nitrogens is 1. The van der Waals surface area contributed by atoms with E-state index in [1.54, 1.807) is 42.5 Å². The van der Waals surface area contributed by atoms with E-state index in [0.29, 0.717) is 27.2 Å². The lowest BCUT2D eigenvalue weighted by atomic mass is 10.2. The van der Waals surface area contributed by atoms with Gasteiger partial charge in [-0.15, -0.1) is 0 Å². The Morgan fingerprint density at radius 2 is 1.82 bits per heavy atom. The molecule has 0 aliphatic carbocycles. The maximum absolute atomic E-state index is 12.6. The molecule has 108 valence electrons. The number of nitrogens with one attached hydrogen (secondary N) is 1. The minimum atomic E-state index is -0.522. The van der Waals surface area contributed by atoms with E-state index in [1.165, 1.54) is 0 Å². The van der Waals surface area contributed by atoms with Gasteiger partial charge in [-0.3, -0.25) is 4.79 Å². The number of halogens is 1. The summed E-state index contributed by atoms with van der Waals surface area (Å²) in [5, 5.41) is 1.11. The average molecular weight is 313 g/mol. The molecule has 0 atom stereocenters. The fourth-order valence-electron chi connectivity index (χ4n) is 2.51. The molecule has 0 saturated heterocycles. The molecule has 2 aromatic heterocycles. The summed E-state index contributed by atoms with van der Waals surface area (Å²) in [6, 6.07) is 13.7. The van der Waals surface area contributed by atoms with Gasteiger partial charge in [0.1, 0.15) is 11.1 Å². The lowest BCUT2D eigenvalue weighted by Crippen LogP contribution is -2.33. The number of fused-ring (bicyclic) bond motifs is 3. The molecule has 4 aromatic rings. The summed E-state index contributed by atoms with van der Waals surface area (Å²) in [4.78, 5) is 27.6. The summed E-state index contributed by atoms with van der Waals surface area (Å²) < 4.78 is 6.64. The molecule has 2 heterocycles. The van der Waals surface area contributed by atoms with Crippen molar-refractivity contribution in [3.8, 4) is 5.69 Å². The van der Waals surface area contributed by atoms with Gasteiger partial charge in [-0.05, 0) is 30.3 Å². The van der Waals surface area contributed by atoms with Crippen LogP contribution in [-0.2, 0) is 0 Å². The Morgan fingerprint density at radius 3 is 2.59 bits per heavy atom. The summed E-state index contributed by atoms with van der Waals surface area (Å²) in [7, 11) is 0. The van der Waals surface area contributed by atoms with E-state index in [9.17, 15) is 9.59 Å². The Kier molecular flexibility index (Phi) is 2.71. The Morgan fingerprint density at radius 1 is 1.05 bits per heavy atom. The number of aromatic amines is 1. The number of furan rings is 1. The van der Waals surface area contributed by atoms with Crippen LogP contribution in [-0.4, -0.2) is 9.55 Å². The van der Waals surface area contributed by atoms with Crippen molar-refractivity contribution in [1.82, 2.24) is 9.55 Å². The minimum absolute atomic E-state index is 0.0979. The Bertz CT molecular complexity index is 1120. The quantitative estimate of drug-likeness (QED) is 0.587. The van der Waals surface area contributed by atoms with Gasteiger partial charge in [-0.1, -0.05) is 29.8 Å². The third kappa shape index (κ3) is 1.79. The molecule has 0 amide bonds. The van der Waals surface area contributed by atoms with Gasteiger partial charge in [0.25, 0.3) is 0 Å². The van der Waals surface area contributed by atoms with Crippen LogP contribution < -0.4 is 11.2 Å². The number of benzene rings is 2. The zero-order chi connectivity index (χ0) is 15.3. The van der Waals surface area contributed by atoms with Gasteiger partial charge in [0.05, 0.1) is 5.69 Å². The van der Waals surface area contributed by atoms with Crippen LogP contribution in [0.25, 0.3) is 27.8 Å². The molecule has 0 aliphatic rings. The molecule has 0 unspecified atom stereocenters. The average Bonchev–Trinajstić information content (AvgIpc) is 2.87. The van der Waals surface area contributed by atoms with Crippen molar-refractivity contribution in [3.63, 3.8) is 0 Å². The predicted octanol–water partition coefficient (Wildman–Crippen LogP) is 3.08. The fraction of sp³-hybridized carbons (Fsp3) is 0. The number of hydrogen-bond donors (Lipinski definition) is 1. The Balaban J connectivity index is 2.17. The predicted molar refractivity (Wildman–Crippen MR) is 84.9 cm³/mol. The molecule has 0 spiro atoms. The number of rotatable bonds is 1. The van der Waals surface area contributed by atoms with Gasteiger partial charge in [-0.25, -0.2) is 9.36 Å². The lowest BCUT2D eigenvalue weighted by Gasteiger charge is -2.03. The summed E-state index contributed by atoms with van der Waals surface area (Å²) in [6.45, 7) is 0. The first-order valence-electron chi connectivity index (χ1n) is 6.58. The second-order valence-corrected chi connectivity index (χ2v) is 5.29. The molecular weight excluding hydrogens is 304 g/mol. The van der Waals surface area contributed by atoms with E-state index < -0.39 is 11.2 Å². The van der Waals surface area contributed by atoms with Crippen LogP contribution in [0, 0.1) is 0 Å². The molecule has 1 N–H and O–H groups in total. The van der Waals surface area contributed by atoms with Crippen molar-refractivity contribution in [1.29, 1.82) is 0 Å². The maximum Gasteiger partial charge on any atom is 0.333 e. The summed E-state index contributed by atoms with van der Waals surface area (Å²) in [5.41, 5.74) is 0.413. The highest BCUT2D eigenvalue weighted by molar-refractivity contribution is 6.31. The van der Waals surface area contributed by atoms with Gasteiger partial charge < -0.3 is 9.40 Å². The zero-order valence-electron chi connectivity index (χ0n) is 11.2. The molecular formula is C16H9ClN2O3. The molecule has 0 saturated carbocycles. The third-order valence-corrected chi connectivity index (χ3v) is 3.73. The number of para-hydroxylation sites is 1. The van der Waals surface area contributed by atoms with Crippen LogP contribution in [0.3, 0.4) is 0 Å². The SMILES string of the molecule is O=c1[nH]c2c(oc3ccc(Cl)cc32)c(=O)n1-c1ccccc1. The van der Waals surface area contributed by atoms with Gasteiger partial charge in [0.15, 0.2) is 0 Å². The molecule has 0 fully saturated rings. The first kappa shape index (κ1) is 12.9. The van der Waals surface area contributed by atoms with E-state index in [0.717, 1.165) is 4.57 Å². The van der Waals surface area contributed by atoms with Gasteiger partial charge >= 0.3 is 11.2 Å². The topological polar surface area (TPSA) is 68.0 Å². The maximum atomic E-state index is 12.6. The Labute approximate surface area is 128 Å². The molecule has 0 bridgehead atoms. The van der Waals surface area contributed by atoms with Crippen molar-refractivity contribution in [2.24, 2.45) is 0 Å². The summed E-state index contributed by atoms with van der Waals surface area (Å²) in [5.74, 6) is 0. The van der Waals surface area contributed by atoms with Crippen molar-refractivity contribution < 1.29 is 4.42 Å². The molecule has 2 aromatic carbocycles. The van der Waals surface area contributed by atoms with E-state index in [1.807, 2.05) is 6.07 Å². The molecule has 0 radical (unpaired) electrons. The van der Waals surface area contributed by atoms with E-state index in [-0.39, 0.29) is 5.58 Å². The van der Waals surface area contributed by atoms with Gasteiger partial charge in [-0.2, -0.15) is 0 Å². The first-order chi connectivity index (χ1) is 10.6. The van der Waals surface area contributed by atoms with E-state index in [2.05, 4.69) is 4.98 Å². The molecule has 5 nitrogen and oxygen atoms in total. The molecule has 22 heavy (non-hydrogen) atoms. The van der Waals surface area contributed by atoms with Gasteiger partial charge in [0.2, 0.25) is 5.58 Å². The van der Waals surface area contributed by atoms with Crippen molar-refractivity contribution >= 4 is 33.7 Å². The smallest absolute Gasteiger partial charge is 0.333 e. The summed E-state index contributed by atoms with van der Waals surface area (Å²) in [6.07, 6.45) is 0. The van der Waals surface area contributed by atoms with Crippen LogP contribution in [0.15, 0.2) is 62.5 Å². The molecule has 4 rings (SSSR count). The number of aromatic nitrogens is 2. The van der Waals surface area contributed by atoms with Crippen LogP contribution in [0.5, 0.6) is 0 Å². The monoisotopic (exact) mass is 312 g/mol. The van der Waals surface area contributed by atoms with Crippen LogP contribution in [0.4, 0.5) is 0 Å². The highest BCUT2D eigenvalue weighted by atomic mass is 35.5. The van der Waals surface area contributed by atoms with Crippen molar-refractivity contribution in [2.45, 2.75) is 0 Å². The van der Waals surface area contributed by atoms with Crippen LogP contribution in [0.1, 0.15) is 0 Å². The molecule has 6 heteroatoms. The normalized spacial score (nSPS) is 11.3. The zero-order valence-corrected chi connectivity index (χ0v) is 11.9. The van der Waals surface area contributed by atoms with Crippen LogP contribution in [0.2, 0.25) is 5.02 Å². The Hall–Kier alpha value is -2.79. The fourth-order valence-corrected chi connectivity index (χ4v) is 2.68. The van der Waals surface area contributed by atoms with Crippen molar-refractivity contribution in [2.75, 3.05) is 0 Å². The van der Waals surface area contributed by atoms with Crippen LogP contribution >= 0.6 is 11.6 Å². The second kappa shape index (κ2) is 4.61. The molecule has 0 aliphatic heterocycles. The van der Waals surface area contributed by atoms with E-state index >= 15 is 0 Å².